The molecule has 0 unspecified atom stereocenters. The van der Waals surface area contributed by atoms with Gasteiger partial charge in [0.1, 0.15) is 5.01 Å². The van der Waals surface area contributed by atoms with E-state index in [1.54, 1.807) is 43.5 Å². The first-order chi connectivity index (χ1) is 12.5. The standard InChI is InChI=1S/C19H15N3O3S/c1-11-7-14(13-5-3-4-6-16(13)21-11)19(24)25-9-17(23)15(8-20)18-22-12(2)10-26-18/h3-7,10,15H,9H2,1-2H3/t15-/m1/s1. The first-order valence-electron chi connectivity index (χ1n) is 7.87. The second-order valence-corrected chi connectivity index (χ2v) is 6.65. The third kappa shape index (κ3) is 3.60. The molecule has 0 radical (unpaired) electrons. The van der Waals surface area contributed by atoms with Crippen molar-refractivity contribution in [2.75, 3.05) is 6.61 Å². The lowest BCUT2D eigenvalue weighted by atomic mass is 10.1. The fourth-order valence-corrected chi connectivity index (χ4v) is 3.41. The second-order valence-electron chi connectivity index (χ2n) is 5.76. The molecule has 2 heterocycles. The zero-order valence-corrected chi connectivity index (χ0v) is 15.0. The van der Waals surface area contributed by atoms with Gasteiger partial charge in [0.25, 0.3) is 0 Å². The number of thiazole rings is 1. The van der Waals surface area contributed by atoms with E-state index in [4.69, 9.17) is 4.74 Å². The average molecular weight is 365 g/mol. The van der Waals surface area contributed by atoms with Crippen LogP contribution in [-0.4, -0.2) is 28.3 Å². The smallest absolute Gasteiger partial charge is 0.339 e. The number of rotatable bonds is 5. The topological polar surface area (TPSA) is 92.9 Å². The predicted octanol–water partition coefficient (Wildman–Crippen LogP) is 3.34. The molecule has 0 aliphatic heterocycles. The van der Waals surface area contributed by atoms with Crippen LogP contribution in [0.5, 0.6) is 0 Å². The van der Waals surface area contributed by atoms with Crippen LogP contribution in [0.2, 0.25) is 0 Å². The molecule has 0 saturated heterocycles. The Morgan fingerprint density at radius 3 is 2.69 bits per heavy atom. The first-order valence-corrected chi connectivity index (χ1v) is 8.75. The molecule has 0 N–H and O–H groups in total. The first kappa shape index (κ1) is 17.7. The number of ether oxygens (including phenoxy) is 1. The number of Topliss-reactive ketones (excluding diaryl/α,β-unsaturated/α-hetero) is 1. The number of pyridine rings is 1. The number of nitrogens with zero attached hydrogens (tertiary/aromatic N) is 3. The molecule has 0 aliphatic carbocycles. The van der Waals surface area contributed by atoms with Gasteiger partial charge in [0, 0.05) is 22.2 Å². The molecule has 0 aliphatic rings. The monoisotopic (exact) mass is 365 g/mol. The number of nitriles is 1. The van der Waals surface area contributed by atoms with Crippen LogP contribution >= 0.6 is 11.3 Å². The molecule has 3 aromatic rings. The van der Waals surface area contributed by atoms with Gasteiger partial charge in [-0.2, -0.15) is 5.26 Å². The summed E-state index contributed by atoms with van der Waals surface area (Å²) in [6, 6.07) is 10.8. The number of carbonyl (C=O) groups is 2. The van der Waals surface area contributed by atoms with E-state index in [9.17, 15) is 14.9 Å². The van der Waals surface area contributed by atoms with Crippen molar-refractivity contribution >= 4 is 34.0 Å². The quantitative estimate of drug-likeness (QED) is 0.644. The highest BCUT2D eigenvalue weighted by Gasteiger charge is 2.25. The number of fused-ring (bicyclic) bond motifs is 1. The molecule has 26 heavy (non-hydrogen) atoms. The van der Waals surface area contributed by atoms with Crippen molar-refractivity contribution in [3.05, 3.63) is 57.7 Å². The lowest BCUT2D eigenvalue weighted by Gasteiger charge is -2.09. The highest BCUT2D eigenvalue weighted by molar-refractivity contribution is 7.09. The van der Waals surface area contributed by atoms with Gasteiger partial charge in [0.2, 0.25) is 0 Å². The van der Waals surface area contributed by atoms with E-state index in [2.05, 4.69) is 9.97 Å². The zero-order chi connectivity index (χ0) is 18.7. The van der Waals surface area contributed by atoms with Gasteiger partial charge in [0.15, 0.2) is 18.3 Å². The number of aromatic nitrogens is 2. The molecule has 0 spiro atoms. The number of hydrogen-bond donors (Lipinski definition) is 0. The minimum atomic E-state index is -1.03. The van der Waals surface area contributed by atoms with Crippen LogP contribution in [0.3, 0.4) is 0 Å². The number of para-hydroxylation sites is 1. The van der Waals surface area contributed by atoms with Gasteiger partial charge < -0.3 is 4.74 Å². The van der Waals surface area contributed by atoms with Gasteiger partial charge in [-0.25, -0.2) is 9.78 Å². The Hall–Kier alpha value is -3.11. The maximum atomic E-state index is 12.5. The van der Waals surface area contributed by atoms with Crippen LogP contribution in [0.15, 0.2) is 35.7 Å². The summed E-state index contributed by atoms with van der Waals surface area (Å²) < 4.78 is 5.17. The summed E-state index contributed by atoms with van der Waals surface area (Å²) in [5, 5.41) is 12.1. The van der Waals surface area contributed by atoms with Crippen molar-refractivity contribution in [1.82, 2.24) is 9.97 Å². The molecule has 0 amide bonds. The van der Waals surface area contributed by atoms with Crippen LogP contribution in [0.25, 0.3) is 10.9 Å². The van der Waals surface area contributed by atoms with E-state index in [0.29, 0.717) is 27.2 Å². The van der Waals surface area contributed by atoms with Crippen molar-refractivity contribution in [1.29, 1.82) is 5.26 Å². The van der Waals surface area contributed by atoms with Crippen LogP contribution in [0, 0.1) is 25.2 Å². The van der Waals surface area contributed by atoms with Crippen molar-refractivity contribution < 1.29 is 14.3 Å². The summed E-state index contributed by atoms with van der Waals surface area (Å²) in [4.78, 5) is 33.3. The van der Waals surface area contributed by atoms with Crippen LogP contribution < -0.4 is 0 Å². The molecule has 0 saturated carbocycles. The summed E-state index contributed by atoms with van der Waals surface area (Å²) in [5.74, 6) is -2.14. The van der Waals surface area contributed by atoms with Gasteiger partial charge in [-0.3, -0.25) is 9.78 Å². The Balaban J connectivity index is 1.77. The largest absolute Gasteiger partial charge is 0.454 e. The molecule has 7 heteroatoms. The van der Waals surface area contributed by atoms with E-state index in [1.165, 1.54) is 11.3 Å². The van der Waals surface area contributed by atoms with E-state index in [-0.39, 0.29) is 0 Å². The molecular weight excluding hydrogens is 350 g/mol. The number of aryl methyl sites for hydroxylation is 2. The van der Waals surface area contributed by atoms with Crippen molar-refractivity contribution in [3.63, 3.8) is 0 Å². The molecule has 130 valence electrons. The maximum Gasteiger partial charge on any atom is 0.339 e. The normalized spacial score (nSPS) is 11.7. The third-order valence-electron chi connectivity index (χ3n) is 3.74. The Morgan fingerprint density at radius 2 is 2.00 bits per heavy atom. The van der Waals surface area contributed by atoms with Gasteiger partial charge in [-0.1, -0.05) is 18.2 Å². The van der Waals surface area contributed by atoms with Gasteiger partial charge >= 0.3 is 5.97 Å². The van der Waals surface area contributed by atoms with E-state index < -0.39 is 24.3 Å². The molecule has 0 bridgehead atoms. The highest BCUT2D eigenvalue weighted by Crippen LogP contribution is 2.22. The van der Waals surface area contributed by atoms with E-state index in [0.717, 1.165) is 5.69 Å². The summed E-state index contributed by atoms with van der Waals surface area (Å²) in [5.41, 5.74) is 2.45. The van der Waals surface area contributed by atoms with Crippen LogP contribution in [0.4, 0.5) is 0 Å². The Labute approximate surface area is 154 Å². The average Bonchev–Trinajstić information content (AvgIpc) is 3.05. The SMILES string of the molecule is Cc1csc([C@H](C#N)C(=O)COC(=O)c2cc(C)nc3ccccc23)n1. The van der Waals surface area contributed by atoms with Crippen LogP contribution in [0.1, 0.15) is 32.7 Å². The van der Waals surface area contributed by atoms with Crippen molar-refractivity contribution in [2.45, 2.75) is 19.8 Å². The number of benzene rings is 1. The molecule has 2 aromatic heterocycles. The minimum Gasteiger partial charge on any atom is -0.454 e. The number of ketones is 1. The number of carbonyl (C=O) groups excluding carboxylic acids is 2. The Morgan fingerprint density at radius 1 is 1.23 bits per heavy atom. The third-order valence-corrected chi connectivity index (χ3v) is 4.77. The van der Waals surface area contributed by atoms with Crippen LogP contribution in [-0.2, 0) is 9.53 Å². The Bertz CT molecular complexity index is 1040. The number of hydrogen-bond acceptors (Lipinski definition) is 7. The highest BCUT2D eigenvalue weighted by atomic mass is 32.1. The lowest BCUT2D eigenvalue weighted by molar-refractivity contribution is -0.122. The Kier molecular flexibility index (Phi) is 5.05. The molecule has 0 fully saturated rings. The fraction of sp³-hybridized carbons (Fsp3) is 0.211. The summed E-state index contributed by atoms with van der Waals surface area (Å²) in [6.45, 7) is 3.09. The zero-order valence-electron chi connectivity index (χ0n) is 14.2. The van der Waals surface area contributed by atoms with Gasteiger partial charge in [-0.05, 0) is 26.0 Å². The summed E-state index contributed by atoms with van der Waals surface area (Å²) in [7, 11) is 0. The van der Waals surface area contributed by atoms with Gasteiger partial charge in [-0.15, -0.1) is 11.3 Å². The summed E-state index contributed by atoms with van der Waals surface area (Å²) in [6.07, 6.45) is 0. The minimum absolute atomic E-state index is 0.347. The lowest BCUT2D eigenvalue weighted by Crippen LogP contribution is -2.20. The predicted molar refractivity (Wildman–Crippen MR) is 97.0 cm³/mol. The number of esters is 1. The summed E-state index contributed by atoms with van der Waals surface area (Å²) >= 11 is 1.24. The molecular formula is C19H15N3O3S. The molecule has 1 aromatic carbocycles. The molecule has 1 atom stereocenters. The van der Waals surface area contributed by atoms with Crippen molar-refractivity contribution in [2.24, 2.45) is 0 Å². The molecule has 6 nitrogen and oxygen atoms in total. The van der Waals surface area contributed by atoms with Crippen molar-refractivity contribution in [3.8, 4) is 6.07 Å². The van der Waals surface area contributed by atoms with E-state index in [1.807, 2.05) is 12.1 Å². The van der Waals surface area contributed by atoms with E-state index >= 15 is 0 Å². The second kappa shape index (κ2) is 7.42. The fourth-order valence-electron chi connectivity index (χ4n) is 2.54. The van der Waals surface area contributed by atoms with Gasteiger partial charge in [0.05, 0.1) is 17.1 Å². The molecule has 3 rings (SSSR count). The maximum absolute atomic E-state index is 12.5.